The minimum absolute atomic E-state index is 0.135. The van der Waals surface area contributed by atoms with Gasteiger partial charge in [-0.15, -0.1) is 0 Å². The molecule has 0 bridgehead atoms. The van der Waals surface area contributed by atoms with E-state index in [1.54, 1.807) is 12.3 Å². The smallest absolute Gasteiger partial charge is 0.294 e. The summed E-state index contributed by atoms with van der Waals surface area (Å²) in [4.78, 5) is 15.5. The fourth-order valence-electron chi connectivity index (χ4n) is 3.24. The maximum absolute atomic E-state index is 13.6. The van der Waals surface area contributed by atoms with Crippen LogP contribution in [0.1, 0.15) is 27.9 Å². The molecule has 0 radical (unpaired) electrons. The van der Waals surface area contributed by atoms with Crippen molar-refractivity contribution in [2.75, 3.05) is 0 Å². The molecule has 0 spiro atoms. The Morgan fingerprint density at radius 3 is 2.39 bits per heavy atom. The van der Waals surface area contributed by atoms with Crippen molar-refractivity contribution in [3.05, 3.63) is 83.4 Å². The van der Waals surface area contributed by atoms with E-state index in [0.717, 1.165) is 0 Å². The van der Waals surface area contributed by atoms with Crippen molar-refractivity contribution in [1.29, 1.82) is 0 Å². The minimum Gasteiger partial charge on any atom is -0.294 e. The van der Waals surface area contributed by atoms with Crippen molar-refractivity contribution >= 4 is 26.7 Å². The Labute approximate surface area is 185 Å². The van der Waals surface area contributed by atoms with Gasteiger partial charge in [-0.05, 0) is 48.4 Å². The Kier molecular flexibility index (Phi) is 5.75. The van der Waals surface area contributed by atoms with Crippen LogP contribution in [0.2, 0.25) is 0 Å². The Balaban J connectivity index is 1.49. The van der Waals surface area contributed by atoms with Gasteiger partial charge in [0, 0.05) is 23.6 Å². The number of hydrogen-bond acceptors (Lipinski definition) is 5. The van der Waals surface area contributed by atoms with Gasteiger partial charge in [0.15, 0.2) is 11.4 Å². The Hall–Kier alpha value is -3.60. The number of nitrogens with zero attached hydrogens (tertiary/aromatic N) is 2. The van der Waals surface area contributed by atoms with Crippen LogP contribution >= 0.6 is 0 Å². The number of H-pyrrole nitrogens is 1. The molecule has 0 fully saturated rings. The number of fused-ring (bicyclic) bond motifs is 1. The number of pyridine rings is 1. The number of halogens is 4. The summed E-state index contributed by atoms with van der Waals surface area (Å²) in [6.07, 6.45) is -1.46. The number of alkyl halides is 3. The van der Waals surface area contributed by atoms with E-state index in [2.05, 4.69) is 15.2 Å². The minimum atomic E-state index is -4.89. The lowest BCUT2D eigenvalue weighted by Gasteiger charge is -2.11. The molecule has 0 unspecified atom stereocenters. The maximum Gasteiger partial charge on any atom is 0.416 e. The number of benzene rings is 2. The van der Waals surface area contributed by atoms with Crippen LogP contribution < -0.4 is 0 Å². The highest BCUT2D eigenvalue weighted by Crippen LogP contribution is 2.33. The summed E-state index contributed by atoms with van der Waals surface area (Å²) in [5, 5.41) is 7.23. The van der Waals surface area contributed by atoms with E-state index in [-0.39, 0.29) is 23.2 Å². The maximum atomic E-state index is 13.6. The molecule has 2 aromatic heterocycles. The molecule has 0 amide bonds. The molecular weight excluding hydrogens is 462 g/mol. The Morgan fingerprint density at radius 2 is 1.70 bits per heavy atom. The molecule has 4 aromatic rings. The lowest BCUT2D eigenvalue weighted by atomic mass is 10.0. The fourth-order valence-corrected chi connectivity index (χ4v) is 4.56. The van der Waals surface area contributed by atoms with Crippen LogP contribution in [-0.4, -0.2) is 29.4 Å². The largest absolute Gasteiger partial charge is 0.416 e. The molecule has 2 heterocycles. The first-order valence-electron chi connectivity index (χ1n) is 9.58. The van der Waals surface area contributed by atoms with Gasteiger partial charge in [-0.3, -0.25) is 9.89 Å². The molecule has 170 valence electrons. The molecule has 4 rings (SSSR count). The summed E-state index contributed by atoms with van der Waals surface area (Å²) in [5.74, 6) is -1.47. The first-order valence-corrected chi connectivity index (χ1v) is 11.1. The fraction of sp³-hybridized carbons (Fsp3) is 0.136. The highest BCUT2D eigenvalue weighted by atomic mass is 32.2. The summed E-state index contributed by atoms with van der Waals surface area (Å²) in [6.45, 7) is 0. The van der Waals surface area contributed by atoms with E-state index in [4.69, 9.17) is 0 Å². The molecular formula is C22H15F4N3O3S. The number of ketones is 1. The molecule has 0 saturated carbocycles. The van der Waals surface area contributed by atoms with Crippen molar-refractivity contribution < 1.29 is 30.8 Å². The van der Waals surface area contributed by atoms with Crippen molar-refractivity contribution in [2.24, 2.45) is 0 Å². The highest BCUT2D eigenvalue weighted by molar-refractivity contribution is 7.91. The second-order valence-electron chi connectivity index (χ2n) is 7.28. The van der Waals surface area contributed by atoms with E-state index in [0.29, 0.717) is 40.7 Å². The zero-order valence-corrected chi connectivity index (χ0v) is 17.5. The number of aromatic amines is 1. The number of carbonyl (C=O) groups excluding carboxylic acids is 1. The molecule has 0 aliphatic carbocycles. The molecule has 0 atom stereocenters. The van der Waals surface area contributed by atoms with Crippen LogP contribution in [0.15, 0.2) is 70.7 Å². The van der Waals surface area contributed by atoms with Crippen LogP contribution in [0.25, 0.3) is 11.0 Å². The van der Waals surface area contributed by atoms with E-state index >= 15 is 0 Å². The third-order valence-electron chi connectivity index (χ3n) is 5.00. The number of Topliss-reactive ketones (excluding diaryl/α,β-unsaturated/α-hetero) is 1. The van der Waals surface area contributed by atoms with Gasteiger partial charge >= 0.3 is 6.18 Å². The normalized spacial score (nSPS) is 12.2. The summed E-state index contributed by atoms with van der Waals surface area (Å²) < 4.78 is 77.8. The van der Waals surface area contributed by atoms with Crippen LogP contribution in [-0.2, 0) is 22.4 Å². The average Bonchev–Trinajstić information content (AvgIpc) is 3.24. The predicted molar refractivity (Wildman–Crippen MR) is 110 cm³/mol. The average molecular weight is 477 g/mol. The van der Waals surface area contributed by atoms with Gasteiger partial charge in [-0.1, -0.05) is 12.1 Å². The third kappa shape index (κ3) is 4.77. The molecule has 0 saturated heterocycles. The molecule has 6 nitrogen and oxygen atoms in total. The van der Waals surface area contributed by atoms with Crippen molar-refractivity contribution in [1.82, 2.24) is 15.2 Å². The zero-order chi connectivity index (χ0) is 23.8. The van der Waals surface area contributed by atoms with Gasteiger partial charge in [-0.2, -0.15) is 18.3 Å². The molecule has 1 N–H and O–H groups in total. The number of aromatic nitrogens is 3. The van der Waals surface area contributed by atoms with Crippen molar-refractivity contribution in [2.45, 2.75) is 28.8 Å². The van der Waals surface area contributed by atoms with Crippen LogP contribution in [0.5, 0.6) is 0 Å². The lowest BCUT2D eigenvalue weighted by Crippen LogP contribution is -2.09. The Morgan fingerprint density at radius 1 is 0.970 bits per heavy atom. The summed E-state index contributed by atoms with van der Waals surface area (Å²) >= 11 is 0. The van der Waals surface area contributed by atoms with Crippen molar-refractivity contribution in [3.8, 4) is 0 Å². The van der Waals surface area contributed by atoms with Crippen LogP contribution in [0.3, 0.4) is 0 Å². The van der Waals surface area contributed by atoms with Crippen molar-refractivity contribution in [3.63, 3.8) is 0 Å². The quantitative estimate of drug-likeness (QED) is 0.319. The van der Waals surface area contributed by atoms with Gasteiger partial charge < -0.3 is 0 Å². The number of sulfone groups is 1. The first kappa shape index (κ1) is 22.6. The number of hydrogen-bond donors (Lipinski definition) is 1. The van der Waals surface area contributed by atoms with Crippen LogP contribution in [0, 0.1) is 5.82 Å². The summed E-state index contributed by atoms with van der Waals surface area (Å²) in [7, 11) is -4.37. The van der Waals surface area contributed by atoms with Crippen LogP contribution in [0.4, 0.5) is 17.6 Å². The molecule has 0 aliphatic rings. The molecule has 0 aliphatic heterocycles. The number of aryl methyl sites for hydroxylation is 1. The number of rotatable bonds is 6. The molecule has 33 heavy (non-hydrogen) atoms. The molecule has 11 heteroatoms. The van der Waals surface area contributed by atoms with E-state index < -0.39 is 32.3 Å². The monoisotopic (exact) mass is 477 g/mol. The summed E-state index contributed by atoms with van der Waals surface area (Å²) in [6, 6.07) is 8.19. The van der Waals surface area contributed by atoms with Gasteiger partial charge in [0.2, 0.25) is 9.84 Å². The number of nitrogens with one attached hydrogen (secondary N) is 1. The van der Waals surface area contributed by atoms with E-state index in [9.17, 15) is 30.8 Å². The van der Waals surface area contributed by atoms with Gasteiger partial charge in [0.1, 0.15) is 5.82 Å². The second-order valence-corrected chi connectivity index (χ2v) is 9.23. The standard InChI is InChI=1S/C22H15F4N3O3S/c23-17-8-16(22(24,25)26)9-19(10-17)33(31,32)18-4-1-13(2-5-18)3-6-20(30)14-7-15-12-28-29-21(15)27-11-14/h1-2,4-5,7-12H,3,6H2,(H,27,28,29). The number of carbonyl (C=O) groups is 1. The Bertz CT molecular complexity index is 1450. The topological polar surface area (TPSA) is 92.8 Å². The SMILES string of the molecule is O=C(CCc1ccc(S(=O)(=O)c2cc(F)cc(C(F)(F)F)c2)cc1)c1cnc2[nH]ncc2c1. The van der Waals surface area contributed by atoms with E-state index in [1.807, 2.05) is 0 Å². The molecule has 2 aromatic carbocycles. The van der Waals surface area contributed by atoms with Gasteiger partial charge in [0.25, 0.3) is 0 Å². The second kappa shape index (κ2) is 8.39. The predicted octanol–water partition coefficient (Wildman–Crippen LogP) is 4.76. The third-order valence-corrected chi connectivity index (χ3v) is 6.75. The highest BCUT2D eigenvalue weighted by Gasteiger charge is 2.33. The van der Waals surface area contributed by atoms with Gasteiger partial charge in [0.05, 0.1) is 21.6 Å². The first-order chi connectivity index (χ1) is 15.5. The van der Waals surface area contributed by atoms with E-state index in [1.165, 1.54) is 30.5 Å². The van der Waals surface area contributed by atoms with Gasteiger partial charge in [-0.25, -0.2) is 17.8 Å². The zero-order valence-electron chi connectivity index (χ0n) is 16.7. The summed E-state index contributed by atoms with van der Waals surface area (Å²) in [5.41, 5.74) is 0.229. The lowest BCUT2D eigenvalue weighted by molar-refractivity contribution is -0.137.